The van der Waals surface area contributed by atoms with E-state index in [2.05, 4.69) is 36.8 Å². The normalized spacial score (nSPS) is 13.7. The molecule has 120 valence electrons. The van der Waals surface area contributed by atoms with E-state index in [0.29, 0.717) is 11.6 Å². The van der Waals surface area contributed by atoms with Crippen molar-refractivity contribution in [3.63, 3.8) is 0 Å². The molecule has 0 spiro atoms. The summed E-state index contributed by atoms with van der Waals surface area (Å²) in [6.07, 6.45) is 2.27. The molecule has 0 bridgehead atoms. The number of nitrogens with zero attached hydrogens (tertiary/aromatic N) is 1. The molecular weight excluding hydrogens is 360 g/mol. The molecule has 3 N–H and O–H groups in total. The molecule has 2 amide bonds. The number of hydrogen-bond acceptors (Lipinski definition) is 3. The van der Waals surface area contributed by atoms with Gasteiger partial charge in [0.25, 0.3) is 5.91 Å². The number of rotatable bonds is 5. The van der Waals surface area contributed by atoms with Crippen LogP contribution in [-0.2, 0) is 4.79 Å². The lowest BCUT2D eigenvalue weighted by Crippen LogP contribution is -2.33. The minimum Gasteiger partial charge on any atom is -0.342 e. The first-order valence-corrected chi connectivity index (χ1v) is 8.22. The van der Waals surface area contributed by atoms with Gasteiger partial charge < -0.3 is 10.6 Å². The fraction of sp³-hybridized carbons (Fsp3) is 0.312. The lowest BCUT2D eigenvalue weighted by Gasteiger charge is -2.09. The molecule has 23 heavy (non-hydrogen) atoms. The number of aromatic amines is 1. The summed E-state index contributed by atoms with van der Waals surface area (Å²) in [6, 6.07) is 7.33. The van der Waals surface area contributed by atoms with Gasteiger partial charge in [0.05, 0.1) is 6.54 Å². The van der Waals surface area contributed by atoms with Crippen molar-refractivity contribution in [2.45, 2.75) is 25.7 Å². The largest absolute Gasteiger partial charge is 0.342 e. The van der Waals surface area contributed by atoms with E-state index in [9.17, 15) is 9.59 Å². The minimum absolute atomic E-state index is 0.0973. The molecule has 0 unspecified atom stereocenters. The van der Waals surface area contributed by atoms with Gasteiger partial charge >= 0.3 is 0 Å². The molecule has 1 fully saturated rings. The number of carbonyl (C=O) groups is 2. The van der Waals surface area contributed by atoms with Gasteiger partial charge in [0.1, 0.15) is 5.69 Å². The zero-order chi connectivity index (χ0) is 16.4. The van der Waals surface area contributed by atoms with E-state index in [1.165, 1.54) is 0 Å². The van der Waals surface area contributed by atoms with E-state index in [0.717, 1.165) is 34.3 Å². The van der Waals surface area contributed by atoms with Gasteiger partial charge in [0.15, 0.2) is 0 Å². The first-order valence-electron chi connectivity index (χ1n) is 7.42. The van der Waals surface area contributed by atoms with E-state index in [1.807, 2.05) is 25.1 Å². The molecular formula is C16H17BrN4O2. The van der Waals surface area contributed by atoms with Crippen molar-refractivity contribution in [2.24, 2.45) is 0 Å². The molecule has 1 aliphatic rings. The molecule has 3 rings (SSSR count). The fourth-order valence-corrected chi connectivity index (χ4v) is 2.74. The maximum atomic E-state index is 12.0. The van der Waals surface area contributed by atoms with Crippen LogP contribution in [0.15, 0.2) is 28.7 Å². The highest BCUT2D eigenvalue weighted by Crippen LogP contribution is 2.38. The van der Waals surface area contributed by atoms with E-state index < -0.39 is 0 Å². The average Bonchev–Trinajstić information content (AvgIpc) is 3.25. The van der Waals surface area contributed by atoms with E-state index in [4.69, 9.17) is 0 Å². The van der Waals surface area contributed by atoms with Crippen molar-refractivity contribution in [3.05, 3.63) is 45.7 Å². The highest BCUT2D eigenvalue weighted by molar-refractivity contribution is 9.10. The van der Waals surface area contributed by atoms with Gasteiger partial charge in [0.2, 0.25) is 5.91 Å². The Hall–Kier alpha value is -2.15. The SMILES string of the molecule is Cc1cc(Br)ccc1NC(=O)CNC(=O)c1cc(C2CC2)[nH]n1. The first kappa shape index (κ1) is 15.7. The average molecular weight is 377 g/mol. The number of nitrogens with one attached hydrogen (secondary N) is 3. The number of aryl methyl sites for hydroxylation is 1. The first-order chi connectivity index (χ1) is 11.0. The quantitative estimate of drug-likeness (QED) is 0.749. The molecule has 1 saturated carbocycles. The number of hydrogen-bond donors (Lipinski definition) is 3. The third kappa shape index (κ3) is 3.98. The molecule has 1 heterocycles. The number of carbonyl (C=O) groups excluding carboxylic acids is 2. The van der Waals surface area contributed by atoms with Crippen LogP contribution in [0.1, 0.15) is 40.5 Å². The number of H-pyrrole nitrogens is 1. The Morgan fingerprint density at radius 2 is 2.13 bits per heavy atom. The van der Waals surface area contributed by atoms with Crippen LogP contribution < -0.4 is 10.6 Å². The van der Waals surface area contributed by atoms with Crippen LogP contribution in [0.2, 0.25) is 0 Å². The third-order valence-corrected chi connectivity index (χ3v) is 4.21. The minimum atomic E-state index is -0.351. The van der Waals surface area contributed by atoms with Crippen molar-refractivity contribution in [1.29, 1.82) is 0 Å². The van der Waals surface area contributed by atoms with Crippen LogP contribution in [-0.4, -0.2) is 28.6 Å². The van der Waals surface area contributed by atoms with Crippen molar-refractivity contribution in [3.8, 4) is 0 Å². The molecule has 0 atom stereocenters. The molecule has 7 heteroatoms. The van der Waals surface area contributed by atoms with Gasteiger partial charge in [-0.2, -0.15) is 5.10 Å². The summed E-state index contributed by atoms with van der Waals surface area (Å²) in [5.74, 6) is -0.120. The Kier molecular flexibility index (Phi) is 4.47. The maximum absolute atomic E-state index is 12.0. The molecule has 0 radical (unpaired) electrons. The third-order valence-electron chi connectivity index (χ3n) is 3.72. The summed E-state index contributed by atoms with van der Waals surface area (Å²) in [7, 11) is 0. The van der Waals surface area contributed by atoms with Gasteiger partial charge in [-0.25, -0.2) is 0 Å². The van der Waals surface area contributed by atoms with Crippen LogP contribution in [0, 0.1) is 6.92 Å². The second-order valence-corrected chi connectivity index (χ2v) is 6.59. The Morgan fingerprint density at radius 1 is 1.35 bits per heavy atom. The monoisotopic (exact) mass is 376 g/mol. The summed E-state index contributed by atoms with van der Waals surface area (Å²) < 4.78 is 0.950. The Labute approximate surface area is 142 Å². The molecule has 2 aromatic rings. The fourth-order valence-electron chi connectivity index (χ4n) is 2.27. The Bertz CT molecular complexity index is 752. The lowest BCUT2D eigenvalue weighted by atomic mass is 10.2. The van der Waals surface area contributed by atoms with E-state index >= 15 is 0 Å². The molecule has 0 saturated heterocycles. The molecule has 1 aliphatic carbocycles. The van der Waals surface area contributed by atoms with Crippen LogP contribution >= 0.6 is 15.9 Å². The highest BCUT2D eigenvalue weighted by atomic mass is 79.9. The summed E-state index contributed by atoms with van der Waals surface area (Å²) >= 11 is 3.38. The van der Waals surface area contributed by atoms with Crippen LogP contribution in [0.3, 0.4) is 0 Å². The highest BCUT2D eigenvalue weighted by Gasteiger charge is 2.26. The summed E-state index contributed by atoms with van der Waals surface area (Å²) in [4.78, 5) is 23.9. The van der Waals surface area contributed by atoms with Gasteiger partial charge in [-0.15, -0.1) is 0 Å². The van der Waals surface area contributed by atoms with Crippen molar-refractivity contribution >= 4 is 33.4 Å². The number of benzene rings is 1. The number of halogens is 1. The van der Waals surface area contributed by atoms with Crippen LogP contribution in [0.5, 0.6) is 0 Å². The van der Waals surface area contributed by atoms with Gasteiger partial charge in [0, 0.05) is 21.8 Å². The lowest BCUT2D eigenvalue weighted by molar-refractivity contribution is -0.115. The summed E-state index contributed by atoms with van der Waals surface area (Å²) in [5.41, 5.74) is 2.98. The zero-order valence-electron chi connectivity index (χ0n) is 12.6. The smallest absolute Gasteiger partial charge is 0.272 e. The predicted octanol–water partition coefficient (Wildman–Crippen LogP) is 2.73. The predicted molar refractivity (Wildman–Crippen MR) is 90.4 cm³/mol. The molecule has 1 aromatic heterocycles. The van der Waals surface area contributed by atoms with E-state index in [-0.39, 0.29) is 18.4 Å². The molecule has 0 aliphatic heterocycles. The second-order valence-electron chi connectivity index (χ2n) is 5.67. The summed E-state index contributed by atoms with van der Waals surface area (Å²) in [6.45, 7) is 1.81. The molecule has 1 aromatic carbocycles. The molecule has 6 nitrogen and oxygen atoms in total. The Balaban J connectivity index is 1.52. The van der Waals surface area contributed by atoms with Gasteiger partial charge in [-0.05, 0) is 49.6 Å². The summed E-state index contributed by atoms with van der Waals surface area (Å²) in [5, 5.41) is 12.2. The zero-order valence-corrected chi connectivity index (χ0v) is 14.2. The van der Waals surface area contributed by atoms with Gasteiger partial charge in [-0.3, -0.25) is 14.7 Å². The van der Waals surface area contributed by atoms with Crippen LogP contribution in [0.4, 0.5) is 5.69 Å². The maximum Gasteiger partial charge on any atom is 0.272 e. The van der Waals surface area contributed by atoms with Crippen molar-refractivity contribution in [1.82, 2.24) is 15.5 Å². The number of amides is 2. The standard InChI is InChI=1S/C16H17BrN4O2/c1-9-6-11(17)4-5-12(9)19-15(22)8-18-16(23)14-7-13(20-21-14)10-2-3-10/h4-7,10H,2-3,8H2,1H3,(H,18,23)(H,19,22)(H,20,21). The Morgan fingerprint density at radius 3 is 2.83 bits per heavy atom. The van der Waals surface area contributed by atoms with Gasteiger partial charge in [-0.1, -0.05) is 15.9 Å². The number of anilines is 1. The van der Waals surface area contributed by atoms with Crippen molar-refractivity contribution < 1.29 is 9.59 Å². The number of aromatic nitrogens is 2. The van der Waals surface area contributed by atoms with E-state index in [1.54, 1.807) is 6.07 Å². The topological polar surface area (TPSA) is 86.9 Å². The van der Waals surface area contributed by atoms with Crippen molar-refractivity contribution in [2.75, 3.05) is 11.9 Å². The van der Waals surface area contributed by atoms with Crippen LogP contribution in [0.25, 0.3) is 0 Å². The second kappa shape index (κ2) is 6.54.